The molecule has 1 N–H and O–H groups in total. The van der Waals surface area contributed by atoms with E-state index in [1.54, 1.807) is 4.68 Å². The molecular formula is C24H26F3N7O. The third kappa shape index (κ3) is 4.06. The van der Waals surface area contributed by atoms with Crippen molar-refractivity contribution < 1.29 is 17.9 Å². The second-order valence-electron chi connectivity index (χ2n) is 9.67. The molecule has 8 nitrogen and oxygen atoms in total. The molecule has 0 spiro atoms. The van der Waals surface area contributed by atoms with Gasteiger partial charge in [0.1, 0.15) is 0 Å². The maximum Gasteiger partial charge on any atom is 0.242 e. The normalized spacial score (nSPS) is 25.4. The van der Waals surface area contributed by atoms with Gasteiger partial charge in [-0.1, -0.05) is 0 Å². The number of halogens is 3. The molecule has 3 aromatic rings. The summed E-state index contributed by atoms with van der Waals surface area (Å²) in [5.41, 5.74) is 2.01. The third-order valence-electron chi connectivity index (χ3n) is 7.35. The predicted molar refractivity (Wildman–Crippen MR) is 122 cm³/mol. The van der Waals surface area contributed by atoms with Crippen molar-refractivity contribution in [2.24, 2.45) is 11.8 Å². The fourth-order valence-electron chi connectivity index (χ4n) is 5.69. The largest absolute Gasteiger partial charge is 0.479 e. The summed E-state index contributed by atoms with van der Waals surface area (Å²) in [7, 11) is 0. The van der Waals surface area contributed by atoms with Gasteiger partial charge in [-0.05, 0) is 62.6 Å². The summed E-state index contributed by atoms with van der Waals surface area (Å²) in [6.45, 7) is 4.47. The Balaban J connectivity index is 1.17. The Labute approximate surface area is 200 Å². The summed E-state index contributed by atoms with van der Waals surface area (Å²) in [6, 6.07) is 4.30. The van der Waals surface area contributed by atoms with Gasteiger partial charge in [0.2, 0.25) is 11.8 Å². The lowest BCUT2D eigenvalue weighted by molar-refractivity contribution is 0.147. The van der Waals surface area contributed by atoms with Gasteiger partial charge < -0.3 is 15.0 Å². The van der Waals surface area contributed by atoms with Crippen LogP contribution >= 0.6 is 0 Å². The van der Waals surface area contributed by atoms with Crippen molar-refractivity contribution in [1.29, 1.82) is 0 Å². The molecule has 2 aromatic heterocycles. The van der Waals surface area contributed by atoms with Crippen LogP contribution in [0.1, 0.15) is 43.3 Å². The summed E-state index contributed by atoms with van der Waals surface area (Å²) < 4.78 is 48.6. The van der Waals surface area contributed by atoms with Gasteiger partial charge in [-0.3, -0.25) is 0 Å². The topological polar surface area (TPSA) is 81.0 Å². The molecule has 2 bridgehead atoms. The quantitative estimate of drug-likeness (QED) is 0.547. The smallest absolute Gasteiger partial charge is 0.242 e. The van der Waals surface area contributed by atoms with Gasteiger partial charge in [0.25, 0.3) is 0 Å². The van der Waals surface area contributed by atoms with Gasteiger partial charge in [-0.25, -0.2) is 13.5 Å². The Kier molecular flexibility index (Phi) is 5.49. The number of ether oxygens (including phenoxy) is 1. The van der Waals surface area contributed by atoms with Gasteiger partial charge in [-0.2, -0.15) is 19.6 Å². The zero-order valence-electron chi connectivity index (χ0n) is 19.3. The summed E-state index contributed by atoms with van der Waals surface area (Å²) >= 11 is 0. The number of rotatable bonds is 5. The molecule has 35 heavy (non-hydrogen) atoms. The van der Waals surface area contributed by atoms with Gasteiger partial charge in [-0.15, -0.1) is 5.10 Å². The van der Waals surface area contributed by atoms with Crippen molar-refractivity contribution in [2.45, 2.75) is 51.3 Å². The molecule has 1 aromatic carbocycles. The molecule has 1 aliphatic carbocycles. The van der Waals surface area contributed by atoms with E-state index in [0.29, 0.717) is 36.6 Å². The Morgan fingerprint density at radius 1 is 1.06 bits per heavy atom. The molecule has 3 aliphatic rings. The van der Waals surface area contributed by atoms with Crippen LogP contribution in [0.4, 0.5) is 24.8 Å². The lowest BCUT2D eigenvalue weighted by Crippen LogP contribution is -2.48. The number of aromatic nitrogens is 5. The Morgan fingerprint density at radius 2 is 1.86 bits per heavy atom. The highest BCUT2D eigenvalue weighted by Gasteiger charge is 2.43. The van der Waals surface area contributed by atoms with E-state index in [0.717, 1.165) is 55.9 Å². The van der Waals surface area contributed by atoms with E-state index in [4.69, 9.17) is 4.74 Å². The molecule has 184 valence electrons. The van der Waals surface area contributed by atoms with E-state index in [9.17, 15) is 13.2 Å². The number of fused-ring (bicyclic) bond motifs is 3. The predicted octanol–water partition coefficient (Wildman–Crippen LogP) is 4.03. The maximum absolute atomic E-state index is 14.2. The summed E-state index contributed by atoms with van der Waals surface area (Å²) in [5, 5.41) is 16.4. The molecule has 0 amide bonds. The molecule has 1 saturated heterocycles. The van der Waals surface area contributed by atoms with Crippen LogP contribution in [0.15, 0.2) is 24.4 Å². The second-order valence-corrected chi connectivity index (χ2v) is 9.67. The Hall–Kier alpha value is -3.37. The minimum Gasteiger partial charge on any atom is -0.479 e. The van der Waals surface area contributed by atoms with Gasteiger partial charge in [0, 0.05) is 25.7 Å². The fraction of sp³-hybridized carbons (Fsp3) is 0.500. The molecular weight excluding hydrogens is 459 g/mol. The van der Waals surface area contributed by atoms with Gasteiger partial charge in [0.05, 0.1) is 17.6 Å². The van der Waals surface area contributed by atoms with Crippen LogP contribution in [0, 0.1) is 36.2 Å². The standard InChI is InChI=1S/C24H26F3N7O/c1-13-9-16(10-28-31-13)33-11-14-4-5-15(12-33)22(14)29-24-30-23-19(3-2-8-34(23)32-24)35-18-7-6-17(25)20(26)21(18)27/h6-7,9-10,14-15,19,22H,2-5,8,11-12H2,1H3,(H,29,32)/t14-,15+,19-,22-/m1/s1. The molecule has 11 heteroatoms. The zero-order chi connectivity index (χ0) is 24.1. The molecule has 4 atom stereocenters. The first-order valence-corrected chi connectivity index (χ1v) is 12.0. The van der Waals surface area contributed by atoms with Gasteiger partial charge >= 0.3 is 0 Å². The van der Waals surface area contributed by atoms with Crippen molar-refractivity contribution >= 4 is 11.6 Å². The molecule has 6 rings (SSSR count). The van der Waals surface area contributed by atoms with E-state index in [1.165, 1.54) is 0 Å². The van der Waals surface area contributed by atoms with Crippen molar-refractivity contribution in [1.82, 2.24) is 25.0 Å². The number of benzene rings is 1. The molecule has 0 unspecified atom stereocenters. The highest BCUT2D eigenvalue weighted by molar-refractivity contribution is 5.46. The van der Waals surface area contributed by atoms with E-state index < -0.39 is 23.6 Å². The highest BCUT2D eigenvalue weighted by atomic mass is 19.2. The first kappa shape index (κ1) is 22.1. The van der Waals surface area contributed by atoms with Crippen LogP contribution in [0.3, 0.4) is 0 Å². The number of anilines is 2. The number of nitrogens with zero attached hydrogens (tertiary/aromatic N) is 6. The first-order valence-electron chi connectivity index (χ1n) is 12.0. The summed E-state index contributed by atoms with van der Waals surface area (Å²) in [4.78, 5) is 7.05. The fourth-order valence-corrected chi connectivity index (χ4v) is 5.69. The number of hydrogen-bond donors (Lipinski definition) is 1. The molecule has 2 aliphatic heterocycles. The van der Waals surface area contributed by atoms with E-state index in [2.05, 4.69) is 36.6 Å². The van der Waals surface area contributed by atoms with E-state index in [-0.39, 0.29) is 11.8 Å². The SMILES string of the molecule is Cc1cc(N2C[C@H]3CC[C@@H](C2)[C@@H]3Nc2nc3n(n2)CCC[C@H]3Oc2ccc(F)c(F)c2F)cnn1. The van der Waals surface area contributed by atoms with Crippen molar-refractivity contribution in [3.8, 4) is 5.75 Å². The van der Waals surface area contributed by atoms with Crippen LogP contribution < -0.4 is 15.0 Å². The van der Waals surface area contributed by atoms with Crippen LogP contribution in [-0.4, -0.2) is 44.1 Å². The second kappa shape index (κ2) is 8.69. The molecule has 0 radical (unpaired) electrons. The monoisotopic (exact) mass is 485 g/mol. The number of aryl methyl sites for hydroxylation is 2. The lowest BCUT2D eigenvalue weighted by Gasteiger charge is -2.39. The molecule has 1 saturated carbocycles. The van der Waals surface area contributed by atoms with Crippen molar-refractivity contribution in [2.75, 3.05) is 23.3 Å². The summed E-state index contributed by atoms with van der Waals surface area (Å²) in [6.07, 6.45) is 4.83. The van der Waals surface area contributed by atoms with Crippen LogP contribution in [-0.2, 0) is 6.54 Å². The summed E-state index contributed by atoms with van der Waals surface area (Å²) in [5.74, 6) is -2.46. The number of hydrogen-bond acceptors (Lipinski definition) is 7. The Morgan fingerprint density at radius 3 is 2.63 bits per heavy atom. The van der Waals surface area contributed by atoms with Gasteiger partial charge in [0.15, 0.2) is 29.3 Å². The van der Waals surface area contributed by atoms with E-state index in [1.807, 2.05) is 13.1 Å². The van der Waals surface area contributed by atoms with Crippen LogP contribution in [0.25, 0.3) is 0 Å². The third-order valence-corrected chi connectivity index (χ3v) is 7.35. The van der Waals surface area contributed by atoms with Crippen LogP contribution in [0.2, 0.25) is 0 Å². The molecule has 2 fully saturated rings. The van der Waals surface area contributed by atoms with E-state index >= 15 is 0 Å². The Bertz CT molecular complexity index is 1240. The van der Waals surface area contributed by atoms with Crippen molar-refractivity contribution in [3.63, 3.8) is 0 Å². The van der Waals surface area contributed by atoms with Crippen molar-refractivity contribution in [3.05, 3.63) is 53.4 Å². The van der Waals surface area contributed by atoms with Crippen LogP contribution in [0.5, 0.6) is 5.75 Å². The minimum absolute atomic E-state index is 0.259. The molecule has 4 heterocycles. The zero-order valence-corrected chi connectivity index (χ0v) is 19.3. The average Bonchev–Trinajstić information content (AvgIpc) is 3.36. The maximum atomic E-state index is 14.2. The number of nitrogens with one attached hydrogen (secondary N) is 1. The average molecular weight is 486 g/mol. The lowest BCUT2D eigenvalue weighted by atomic mass is 9.92. The first-order chi connectivity index (χ1) is 17.0. The minimum atomic E-state index is -1.54. The number of piperidine rings is 1. The highest BCUT2D eigenvalue weighted by Crippen LogP contribution is 2.40.